The Kier molecular flexibility index (Phi) is 6.47. The van der Waals surface area contributed by atoms with Gasteiger partial charge < -0.3 is 40.9 Å². The Morgan fingerprint density at radius 2 is 1.50 bits per heavy atom. The van der Waals surface area contributed by atoms with E-state index in [1.165, 1.54) is 13.0 Å². The summed E-state index contributed by atoms with van der Waals surface area (Å²) >= 11 is 0. The number of hydrogen-bond donors (Lipinski definition) is 8. The van der Waals surface area contributed by atoms with Crippen molar-refractivity contribution in [2.24, 2.45) is 22.7 Å². The Morgan fingerprint density at radius 1 is 0.944 bits per heavy atom. The first-order chi connectivity index (χ1) is 16.2. The van der Waals surface area contributed by atoms with Crippen molar-refractivity contribution in [3.8, 4) is 0 Å². The second-order valence-electron chi connectivity index (χ2n) is 13.5. The molecule has 36 heavy (non-hydrogen) atoms. The molecule has 0 radical (unpaired) electrons. The molecular weight excluding hydrogens is 468 g/mol. The van der Waals surface area contributed by atoms with Crippen LogP contribution in [0.25, 0.3) is 0 Å². The summed E-state index contributed by atoms with van der Waals surface area (Å²) in [5, 5.41) is 88.5. The van der Waals surface area contributed by atoms with Gasteiger partial charge in [0.05, 0.1) is 41.2 Å². The minimum Gasteiger partial charge on any atom is -0.392 e. The molecule has 0 unspecified atom stereocenters. The Hall–Kier alpha value is -0.910. The van der Waals surface area contributed by atoms with Gasteiger partial charge in [0.1, 0.15) is 5.60 Å². The monoisotopic (exact) mass is 512 g/mol. The second-order valence-corrected chi connectivity index (χ2v) is 13.5. The SMILES string of the molecule is CC(C)(O)CC[C@H](O)[C@](C)(O)[C@H]1CC[C@@]2(O)C3=CC(=O)[C@]4(O)C[C@@H](O)[C@@H](O)C[C@]4(C)[C@H]3[C@H](O)C[C@]12C. The fourth-order valence-electron chi connectivity index (χ4n) is 8.41. The van der Waals surface area contributed by atoms with Gasteiger partial charge in [-0.3, -0.25) is 4.79 Å². The molecule has 0 amide bonds. The van der Waals surface area contributed by atoms with E-state index >= 15 is 0 Å². The summed E-state index contributed by atoms with van der Waals surface area (Å²) in [5.41, 5.74) is -8.41. The van der Waals surface area contributed by atoms with Gasteiger partial charge in [0.2, 0.25) is 0 Å². The zero-order chi connectivity index (χ0) is 27.3. The fraction of sp³-hybridized carbons (Fsp3) is 0.889. The van der Waals surface area contributed by atoms with E-state index in [0.717, 1.165) is 0 Å². The van der Waals surface area contributed by atoms with Crippen molar-refractivity contribution < 1.29 is 45.6 Å². The highest BCUT2D eigenvalue weighted by molar-refractivity contribution is 6.00. The van der Waals surface area contributed by atoms with E-state index in [4.69, 9.17) is 0 Å². The van der Waals surface area contributed by atoms with Crippen molar-refractivity contribution in [3.05, 3.63) is 11.6 Å². The van der Waals surface area contributed by atoms with Gasteiger partial charge in [-0.2, -0.15) is 0 Å². The summed E-state index contributed by atoms with van der Waals surface area (Å²) in [7, 11) is 0. The lowest BCUT2D eigenvalue weighted by molar-refractivity contribution is -0.228. The molecule has 0 heterocycles. The van der Waals surface area contributed by atoms with Crippen LogP contribution in [0.5, 0.6) is 0 Å². The van der Waals surface area contributed by atoms with Crippen molar-refractivity contribution in [2.45, 2.75) is 126 Å². The van der Waals surface area contributed by atoms with Crippen LogP contribution >= 0.6 is 0 Å². The maximum Gasteiger partial charge on any atom is 0.187 e. The Morgan fingerprint density at radius 3 is 2.08 bits per heavy atom. The van der Waals surface area contributed by atoms with Crippen LogP contribution in [0.2, 0.25) is 0 Å². The van der Waals surface area contributed by atoms with Gasteiger partial charge in [0, 0.05) is 23.2 Å². The van der Waals surface area contributed by atoms with Crippen molar-refractivity contribution in [3.63, 3.8) is 0 Å². The largest absolute Gasteiger partial charge is 0.392 e. The molecule has 0 aromatic rings. The van der Waals surface area contributed by atoms with E-state index < -0.39 is 75.3 Å². The molecular formula is C27H44O9. The number of carbonyl (C=O) groups is 1. The molecule has 3 saturated carbocycles. The van der Waals surface area contributed by atoms with E-state index in [0.29, 0.717) is 6.42 Å². The van der Waals surface area contributed by atoms with Crippen LogP contribution in [0, 0.1) is 22.7 Å². The van der Waals surface area contributed by atoms with Gasteiger partial charge in [-0.15, -0.1) is 0 Å². The number of aliphatic hydroxyl groups is 8. The average Bonchev–Trinajstić information content (AvgIpc) is 3.00. The van der Waals surface area contributed by atoms with Crippen LogP contribution in [0.1, 0.15) is 79.6 Å². The van der Waals surface area contributed by atoms with Crippen LogP contribution in [-0.4, -0.2) is 93.5 Å². The quantitative estimate of drug-likeness (QED) is 0.250. The molecule has 11 atom stereocenters. The number of ketones is 1. The number of carbonyl (C=O) groups excluding carboxylic acids is 1. The third-order valence-electron chi connectivity index (χ3n) is 10.7. The van der Waals surface area contributed by atoms with Gasteiger partial charge in [-0.1, -0.05) is 13.8 Å². The Labute approximate surface area is 212 Å². The van der Waals surface area contributed by atoms with Crippen molar-refractivity contribution >= 4 is 5.78 Å². The molecule has 4 aliphatic carbocycles. The van der Waals surface area contributed by atoms with E-state index in [-0.39, 0.29) is 44.1 Å². The van der Waals surface area contributed by atoms with Crippen LogP contribution in [0.15, 0.2) is 11.6 Å². The maximum absolute atomic E-state index is 13.3. The summed E-state index contributed by atoms with van der Waals surface area (Å²) in [6.45, 7) is 8.14. The molecule has 8 N–H and O–H groups in total. The van der Waals surface area contributed by atoms with Gasteiger partial charge in [0.15, 0.2) is 5.78 Å². The van der Waals surface area contributed by atoms with Gasteiger partial charge in [-0.25, -0.2) is 0 Å². The molecule has 0 spiro atoms. The molecule has 9 heteroatoms. The van der Waals surface area contributed by atoms with Gasteiger partial charge >= 0.3 is 0 Å². The predicted molar refractivity (Wildman–Crippen MR) is 129 cm³/mol. The average molecular weight is 513 g/mol. The minimum absolute atomic E-state index is 0.0447. The zero-order valence-electron chi connectivity index (χ0n) is 22.0. The lowest BCUT2D eigenvalue weighted by Crippen LogP contribution is -2.71. The molecule has 9 nitrogen and oxygen atoms in total. The van der Waals surface area contributed by atoms with Crippen molar-refractivity contribution in [1.82, 2.24) is 0 Å². The first kappa shape index (κ1) is 28.1. The minimum atomic E-state index is -2.00. The summed E-state index contributed by atoms with van der Waals surface area (Å²) in [4.78, 5) is 13.3. The summed E-state index contributed by atoms with van der Waals surface area (Å²) in [6, 6.07) is 0. The molecule has 0 aromatic heterocycles. The summed E-state index contributed by atoms with van der Waals surface area (Å²) in [5.74, 6) is -2.15. The standard InChI is InChI=1S/C27H44O9/c1-22(2,33)8-7-19(31)25(5,34)18-6-9-26(35)14-10-20(32)27(36)13-16(29)15(28)11-24(27,4)21(14)17(30)12-23(18,26)3/h10,15-19,21,28-31,33-36H,6-9,11-13H2,1-5H3/t15-,16+,17+,18-,19-,21+,23+,24+,25+,26+,27+/m0/s1. The molecule has 0 bridgehead atoms. The lowest BCUT2D eigenvalue weighted by Gasteiger charge is -2.64. The molecule has 0 saturated heterocycles. The number of aliphatic hydroxyl groups excluding tert-OH is 4. The van der Waals surface area contributed by atoms with Gasteiger partial charge in [0.25, 0.3) is 0 Å². The van der Waals surface area contributed by atoms with Crippen molar-refractivity contribution in [1.29, 1.82) is 0 Å². The topological polar surface area (TPSA) is 179 Å². The van der Waals surface area contributed by atoms with Crippen LogP contribution in [0.3, 0.4) is 0 Å². The molecule has 0 aromatic carbocycles. The number of rotatable bonds is 5. The van der Waals surface area contributed by atoms with Crippen LogP contribution in [-0.2, 0) is 4.79 Å². The zero-order valence-corrected chi connectivity index (χ0v) is 22.0. The Balaban J connectivity index is 1.74. The third kappa shape index (κ3) is 3.69. The highest BCUT2D eigenvalue weighted by Crippen LogP contribution is 2.69. The van der Waals surface area contributed by atoms with E-state index in [1.54, 1.807) is 27.7 Å². The predicted octanol–water partition coefficient (Wildman–Crippen LogP) is -0.0603. The first-order valence-corrected chi connectivity index (χ1v) is 13.1. The Bertz CT molecular complexity index is 940. The normalized spacial score (nSPS) is 49.4. The highest BCUT2D eigenvalue weighted by atomic mass is 16.3. The van der Waals surface area contributed by atoms with E-state index in [2.05, 4.69) is 0 Å². The van der Waals surface area contributed by atoms with Gasteiger partial charge in [-0.05, 0) is 76.9 Å². The first-order valence-electron chi connectivity index (χ1n) is 13.1. The second kappa shape index (κ2) is 8.29. The fourth-order valence-corrected chi connectivity index (χ4v) is 8.41. The van der Waals surface area contributed by atoms with E-state index in [1.807, 2.05) is 0 Å². The van der Waals surface area contributed by atoms with Crippen LogP contribution in [0.4, 0.5) is 0 Å². The third-order valence-corrected chi connectivity index (χ3v) is 10.7. The lowest BCUT2D eigenvalue weighted by atomic mass is 9.43. The molecule has 4 aliphatic rings. The summed E-state index contributed by atoms with van der Waals surface area (Å²) in [6.07, 6.45) is -3.11. The molecule has 0 aliphatic heterocycles. The van der Waals surface area contributed by atoms with Crippen molar-refractivity contribution in [2.75, 3.05) is 0 Å². The molecule has 4 rings (SSSR count). The molecule has 3 fully saturated rings. The maximum atomic E-state index is 13.3. The van der Waals surface area contributed by atoms with E-state index in [9.17, 15) is 45.6 Å². The smallest absolute Gasteiger partial charge is 0.187 e. The highest BCUT2D eigenvalue weighted by Gasteiger charge is 2.73. The van der Waals surface area contributed by atoms with Crippen LogP contribution < -0.4 is 0 Å². The summed E-state index contributed by atoms with van der Waals surface area (Å²) < 4.78 is 0. The number of fused-ring (bicyclic) bond motifs is 5. The molecule has 206 valence electrons. The number of hydrogen-bond acceptors (Lipinski definition) is 9.